The summed E-state index contributed by atoms with van der Waals surface area (Å²) in [6.07, 6.45) is 3.18. The molecule has 0 saturated carbocycles. The lowest BCUT2D eigenvalue weighted by Gasteiger charge is -2.15. The molecule has 0 aliphatic heterocycles. The Morgan fingerprint density at radius 2 is 1.69 bits per heavy atom. The second-order valence-electron chi connectivity index (χ2n) is 8.50. The van der Waals surface area contributed by atoms with Crippen molar-refractivity contribution in [2.24, 2.45) is 0 Å². The summed E-state index contributed by atoms with van der Waals surface area (Å²) in [5.41, 5.74) is 6.27. The number of aromatic nitrogens is 1. The molecule has 5 rings (SSSR count). The number of hydrogen-bond acceptors (Lipinski definition) is 6. The van der Waals surface area contributed by atoms with Crippen molar-refractivity contribution < 1.29 is 19.1 Å². The summed E-state index contributed by atoms with van der Waals surface area (Å²) in [5.74, 6) is 0.496. The van der Waals surface area contributed by atoms with E-state index >= 15 is 0 Å². The topological polar surface area (TPSA) is 65.5 Å². The number of carbonyl (C=O) groups is 2. The van der Waals surface area contributed by atoms with Crippen molar-refractivity contribution in [1.29, 1.82) is 0 Å². The third kappa shape index (κ3) is 4.90. The van der Waals surface area contributed by atoms with Gasteiger partial charge in [-0.2, -0.15) is 0 Å². The molecule has 0 N–H and O–H groups in total. The fraction of sp³-hybridized carbons (Fsp3) is 0.167. The number of ether oxygens (including phenoxy) is 2. The van der Waals surface area contributed by atoms with Crippen LogP contribution in [0.25, 0.3) is 11.1 Å². The molecular weight excluding hydrogens is 470 g/mol. The summed E-state index contributed by atoms with van der Waals surface area (Å²) < 4.78 is 11.2. The van der Waals surface area contributed by atoms with Gasteiger partial charge in [0.15, 0.2) is 6.29 Å². The third-order valence-corrected chi connectivity index (χ3v) is 7.53. The molecule has 0 radical (unpaired) electrons. The number of esters is 1. The van der Waals surface area contributed by atoms with Crippen LogP contribution in [0.3, 0.4) is 0 Å². The van der Waals surface area contributed by atoms with Crippen molar-refractivity contribution >= 4 is 24.0 Å². The minimum Gasteiger partial charge on any atom is -0.497 e. The van der Waals surface area contributed by atoms with Crippen LogP contribution >= 0.6 is 11.8 Å². The zero-order chi connectivity index (χ0) is 24.9. The van der Waals surface area contributed by atoms with E-state index < -0.39 is 0 Å². The van der Waals surface area contributed by atoms with E-state index in [-0.39, 0.29) is 18.3 Å². The number of aryl methyl sites for hydroxylation is 1. The first-order valence-corrected chi connectivity index (χ1v) is 12.6. The zero-order valence-electron chi connectivity index (χ0n) is 19.8. The van der Waals surface area contributed by atoms with Crippen LogP contribution in [-0.2, 0) is 16.0 Å². The zero-order valence-corrected chi connectivity index (χ0v) is 20.7. The van der Waals surface area contributed by atoms with Crippen LogP contribution in [0.5, 0.6) is 5.75 Å². The molecule has 5 nitrogen and oxygen atoms in total. The highest BCUT2D eigenvalue weighted by Gasteiger charge is 2.29. The molecule has 0 saturated heterocycles. The second-order valence-corrected chi connectivity index (χ2v) is 9.53. The van der Waals surface area contributed by atoms with Gasteiger partial charge in [-0.05, 0) is 64.6 Å². The number of hydrogen-bond donors (Lipinski definition) is 0. The van der Waals surface area contributed by atoms with Crippen LogP contribution in [0.15, 0.2) is 95.0 Å². The molecular formula is C30H25NO4S. The lowest BCUT2D eigenvalue weighted by atomic mass is 9.98. The Labute approximate surface area is 214 Å². The quantitative estimate of drug-likeness (QED) is 0.199. The van der Waals surface area contributed by atoms with Crippen LogP contribution in [0.4, 0.5) is 0 Å². The highest BCUT2D eigenvalue weighted by molar-refractivity contribution is 7.99. The maximum Gasteiger partial charge on any atom is 0.306 e. The molecule has 3 aromatic carbocycles. The van der Waals surface area contributed by atoms with Crippen molar-refractivity contribution in [3.8, 4) is 16.9 Å². The van der Waals surface area contributed by atoms with Crippen molar-refractivity contribution in [1.82, 2.24) is 4.98 Å². The van der Waals surface area contributed by atoms with Crippen molar-refractivity contribution in [2.75, 3.05) is 13.7 Å². The maximum atomic E-state index is 12.8. The Morgan fingerprint density at radius 3 is 2.39 bits per heavy atom. The van der Waals surface area contributed by atoms with Gasteiger partial charge in [0, 0.05) is 29.0 Å². The molecule has 180 valence electrons. The lowest BCUT2D eigenvalue weighted by molar-refractivity contribution is -0.143. The van der Waals surface area contributed by atoms with E-state index in [0.717, 1.165) is 16.7 Å². The Balaban J connectivity index is 1.27. The normalized spacial score (nSPS) is 12.0. The highest BCUT2D eigenvalue weighted by atomic mass is 32.2. The van der Waals surface area contributed by atoms with E-state index in [2.05, 4.69) is 29.2 Å². The van der Waals surface area contributed by atoms with Gasteiger partial charge in [-0.3, -0.25) is 9.59 Å². The predicted octanol–water partition coefficient (Wildman–Crippen LogP) is 6.34. The summed E-state index contributed by atoms with van der Waals surface area (Å²) in [4.78, 5) is 29.5. The molecule has 0 spiro atoms. The molecule has 6 heteroatoms. The van der Waals surface area contributed by atoms with Crippen LogP contribution < -0.4 is 4.74 Å². The third-order valence-electron chi connectivity index (χ3n) is 6.37. The minimum atomic E-state index is -0.248. The van der Waals surface area contributed by atoms with Crippen LogP contribution in [0.2, 0.25) is 0 Å². The van der Waals surface area contributed by atoms with Gasteiger partial charge in [0.25, 0.3) is 0 Å². The molecule has 1 aromatic heterocycles. The van der Waals surface area contributed by atoms with Crippen LogP contribution in [0, 0.1) is 0 Å². The number of carbonyl (C=O) groups excluding carboxylic acids is 2. The Hall–Kier alpha value is -3.90. The number of rotatable bonds is 9. The van der Waals surface area contributed by atoms with Gasteiger partial charge in [0.05, 0.1) is 7.11 Å². The molecule has 1 aliphatic carbocycles. The molecule has 0 amide bonds. The van der Waals surface area contributed by atoms with Gasteiger partial charge in [-0.15, -0.1) is 0 Å². The molecule has 0 unspecified atom stereocenters. The lowest BCUT2D eigenvalue weighted by Crippen LogP contribution is -2.13. The van der Waals surface area contributed by atoms with Crippen LogP contribution in [0.1, 0.15) is 39.4 Å². The van der Waals surface area contributed by atoms with E-state index in [0.29, 0.717) is 29.4 Å². The fourth-order valence-corrected chi connectivity index (χ4v) is 5.57. The molecule has 4 aromatic rings. The van der Waals surface area contributed by atoms with Crippen molar-refractivity contribution in [3.63, 3.8) is 0 Å². The minimum absolute atomic E-state index is 0.0372. The molecule has 36 heavy (non-hydrogen) atoms. The van der Waals surface area contributed by atoms with Gasteiger partial charge >= 0.3 is 5.97 Å². The molecule has 0 atom stereocenters. The van der Waals surface area contributed by atoms with Gasteiger partial charge in [-0.25, -0.2) is 4.98 Å². The summed E-state index contributed by atoms with van der Waals surface area (Å²) in [5, 5.41) is 0.625. The fourth-order valence-electron chi connectivity index (χ4n) is 4.58. The molecule has 1 heterocycles. The number of benzene rings is 3. The van der Waals surface area contributed by atoms with Gasteiger partial charge in [0.1, 0.15) is 17.4 Å². The Kier molecular flexibility index (Phi) is 7.14. The number of aldehydes is 1. The van der Waals surface area contributed by atoms with Crippen LogP contribution in [-0.4, -0.2) is 31.0 Å². The largest absolute Gasteiger partial charge is 0.497 e. The monoisotopic (exact) mass is 495 g/mol. The van der Waals surface area contributed by atoms with E-state index in [1.54, 1.807) is 25.4 Å². The van der Waals surface area contributed by atoms with Crippen molar-refractivity contribution in [2.45, 2.75) is 28.7 Å². The summed E-state index contributed by atoms with van der Waals surface area (Å²) in [6.45, 7) is 0.309. The van der Waals surface area contributed by atoms with Crippen molar-refractivity contribution in [3.05, 3.63) is 107 Å². The average molecular weight is 496 g/mol. The second kappa shape index (κ2) is 10.8. The highest BCUT2D eigenvalue weighted by Crippen LogP contribution is 2.44. The average Bonchev–Trinajstić information content (AvgIpc) is 3.25. The first-order chi connectivity index (χ1) is 17.7. The Morgan fingerprint density at radius 1 is 0.972 bits per heavy atom. The standard InChI is InChI=1S/C30H25NO4S/c1-34-22-13-14-28(36-30-21(18-32)7-6-16-31-30)20(17-22)12-15-29(33)35-19-27-25-10-4-2-8-23(25)24-9-3-5-11-26(24)27/h2-11,13-14,16-18,27H,12,15,19H2,1H3. The van der Waals surface area contributed by atoms with E-state index in [1.165, 1.54) is 34.0 Å². The SMILES string of the molecule is COc1ccc(Sc2ncccc2C=O)c(CCC(=O)OCC2c3ccccc3-c3ccccc32)c1. The summed E-state index contributed by atoms with van der Waals surface area (Å²) >= 11 is 1.40. The van der Waals surface area contributed by atoms with Gasteiger partial charge in [-0.1, -0.05) is 60.3 Å². The number of fused-ring (bicyclic) bond motifs is 3. The summed E-state index contributed by atoms with van der Waals surface area (Å²) in [6, 6.07) is 25.8. The number of nitrogens with zero attached hydrogens (tertiary/aromatic N) is 1. The summed E-state index contributed by atoms with van der Waals surface area (Å²) in [7, 11) is 1.61. The molecule has 0 fully saturated rings. The van der Waals surface area contributed by atoms with E-state index in [9.17, 15) is 9.59 Å². The maximum absolute atomic E-state index is 12.8. The van der Waals surface area contributed by atoms with E-state index in [1.807, 2.05) is 42.5 Å². The number of methoxy groups -OCH3 is 1. The number of pyridine rings is 1. The predicted molar refractivity (Wildman–Crippen MR) is 140 cm³/mol. The molecule has 0 bridgehead atoms. The smallest absolute Gasteiger partial charge is 0.306 e. The first kappa shape index (κ1) is 23.8. The van der Waals surface area contributed by atoms with Gasteiger partial charge < -0.3 is 9.47 Å². The molecule has 1 aliphatic rings. The van der Waals surface area contributed by atoms with E-state index in [4.69, 9.17) is 9.47 Å². The first-order valence-electron chi connectivity index (χ1n) is 11.8. The van der Waals surface area contributed by atoms with Gasteiger partial charge in [0.2, 0.25) is 0 Å². The Bertz CT molecular complexity index is 1370.